The Morgan fingerprint density at radius 3 is 1.96 bits per heavy atom. The van der Waals surface area contributed by atoms with Gasteiger partial charge in [-0.1, -0.05) is 43.3 Å². The van der Waals surface area contributed by atoms with Gasteiger partial charge in [0.25, 0.3) is 0 Å². The van der Waals surface area contributed by atoms with Crippen molar-refractivity contribution < 1.29 is 8.42 Å². The van der Waals surface area contributed by atoms with Crippen molar-refractivity contribution in [3.63, 3.8) is 0 Å². The second-order valence-electron chi connectivity index (χ2n) is 6.17. The minimum absolute atomic E-state index is 0.440. The summed E-state index contributed by atoms with van der Waals surface area (Å²) in [4.78, 5) is 0. The zero-order chi connectivity index (χ0) is 17.8. The molecule has 0 aliphatic carbocycles. The quantitative estimate of drug-likeness (QED) is 0.868. The van der Waals surface area contributed by atoms with Crippen LogP contribution in [-0.4, -0.2) is 15.0 Å². The fourth-order valence-corrected chi connectivity index (χ4v) is 3.65. The average molecular weight is 342 g/mol. The summed E-state index contributed by atoms with van der Waals surface area (Å²) in [6, 6.07) is 16.9. The Bertz CT molecular complexity index is 830. The van der Waals surface area contributed by atoms with Crippen LogP contribution in [0, 0.1) is 11.3 Å². The first-order chi connectivity index (χ1) is 11.3. The van der Waals surface area contributed by atoms with E-state index in [2.05, 4.69) is 10.8 Å². The Hall–Kier alpha value is -2.16. The molecule has 0 heterocycles. The van der Waals surface area contributed by atoms with Crippen LogP contribution in [0.1, 0.15) is 38.3 Å². The third-order valence-electron chi connectivity index (χ3n) is 4.14. The minimum Gasteiger partial charge on any atom is -0.214 e. The highest BCUT2D eigenvalue weighted by Gasteiger charge is 2.35. The van der Waals surface area contributed by atoms with Crippen molar-refractivity contribution in [1.29, 1.82) is 5.26 Å². The molecule has 2 aromatic carbocycles. The number of hydrogen-bond donors (Lipinski definition) is 1. The van der Waals surface area contributed by atoms with E-state index >= 15 is 0 Å². The highest BCUT2D eigenvalue weighted by Crippen LogP contribution is 2.30. The van der Waals surface area contributed by atoms with Crippen LogP contribution in [0.25, 0.3) is 11.1 Å². The van der Waals surface area contributed by atoms with Gasteiger partial charge in [0.1, 0.15) is 4.75 Å². The molecule has 0 spiro atoms. The molecule has 0 saturated heterocycles. The van der Waals surface area contributed by atoms with Crippen molar-refractivity contribution in [2.24, 2.45) is 0 Å². The lowest BCUT2D eigenvalue weighted by Crippen LogP contribution is -2.39. The van der Waals surface area contributed by atoms with Crippen molar-refractivity contribution in [2.75, 3.05) is 6.54 Å². The molecule has 0 radical (unpaired) electrons. The number of rotatable bonds is 6. The van der Waals surface area contributed by atoms with E-state index in [1.165, 1.54) is 0 Å². The van der Waals surface area contributed by atoms with Crippen LogP contribution in [0.2, 0.25) is 0 Å². The van der Waals surface area contributed by atoms with E-state index < -0.39 is 14.8 Å². The highest BCUT2D eigenvalue weighted by atomic mass is 32.2. The molecule has 2 rings (SSSR count). The Morgan fingerprint density at radius 2 is 1.50 bits per heavy atom. The van der Waals surface area contributed by atoms with Crippen LogP contribution >= 0.6 is 0 Å². The van der Waals surface area contributed by atoms with Crippen molar-refractivity contribution >= 4 is 10.0 Å². The van der Waals surface area contributed by atoms with Crippen LogP contribution in [0.15, 0.2) is 48.5 Å². The molecular weight excluding hydrogens is 320 g/mol. The third-order valence-corrected chi connectivity index (χ3v) is 6.30. The van der Waals surface area contributed by atoms with E-state index in [4.69, 9.17) is 5.26 Å². The Labute approximate surface area is 144 Å². The number of hydrogen-bond acceptors (Lipinski definition) is 3. The molecule has 0 unspecified atom stereocenters. The van der Waals surface area contributed by atoms with Gasteiger partial charge in [0, 0.05) is 6.54 Å². The van der Waals surface area contributed by atoms with E-state index in [1.54, 1.807) is 26.0 Å². The molecule has 2 aromatic rings. The summed E-state index contributed by atoms with van der Waals surface area (Å²) in [6.45, 7) is 5.79. The monoisotopic (exact) mass is 342 g/mol. The van der Waals surface area contributed by atoms with E-state index in [1.807, 2.05) is 43.3 Å². The Morgan fingerprint density at radius 1 is 1.00 bits per heavy atom. The number of nitrogens with one attached hydrogen (secondary N) is 1. The lowest BCUT2D eigenvalue weighted by Gasteiger charge is -2.26. The van der Waals surface area contributed by atoms with Crippen molar-refractivity contribution in [2.45, 2.75) is 31.9 Å². The van der Waals surface area contributed by atoms with Gasteiger partial charge in [-0.2, -0.15) is 5.26 Å². The van der Waals surface area contributed by atoms with Gasteiger partial charge in [0.05, 0.1) is 11.6 Å². The number of nitriles is 1. The normalized spacial score (nSPS) is 11.9. The maximum Gasteiger partial charge on any atom is 0.221 e. The fraction of sp³-hybridized carbons (Fsp3) is 0.316. The molecule has 0 bridgehead atoms. The first-order valence-electron chi connectivity index (χ1n) is 7.92. The smallest absolute Gasteiger partial charge is 0.214 e. The highest BCUT2D eigenvalue weighted by molar-refractivity contribution is 7.90. The minimum atomic E-state index is -3.45. The van der Waals surface area contributed by atoms with Gasteiger partial charge in [-0.3, -0.25) is 0 Å². The standard InChI is InChI=1S/C19H22N2O2S/c1-4-13-21-24(22,23)19(2,3)18-11-9-17(10-12-18)16-7-5-15(14-20)6-8-16/h5-12,21H,4,13H2,1-3H3. The Kier molecular flexibility index (Phi) is 5.43. The average Bonchev–Trinajstić information content (AvgIpc) is 2.60. The predicted octanol–water partition coefficient (Wildman–Crippen LogP) is 3.79. The van der Waals surface area contributed by atoms with Crippen molar-refractivity contribution in [1.82, 2.24) is 4.72 Å². The number of sulfonamides is 1. The van der Waals surface area contributed by atoms with Crippen LogP contribution in [0.3, 0.4) is 0 Å². The van der Waals surface area contributed by atoms with E-state index in [0.717, 1.165) is 23.1 Å². The second kappa shape index (κ2) is 7.16. The molecule has 0 atom stereocenters. The zero-order valence-corrected chi connectivity index (χ0v) is 15.0. The molecule has 0 aromatic heterocycles. The number of nitrogens with zero attached hydrogens (tertiary/aromatic N) is 1. The van der Waals surface area contributed by atoms with Gasteiger partial charge in [0.2, 0.25) is 10.0 Å². The summed E-state index contributed by atoms with van der Waals surface area (Å²) < 4.78 is 26.6. The Balaban J connectivity index is 2.29. The third kappa shape index (κ3) is 3.66. The summed E-state index contributed by atoms with van der Waals surface area (Å²) in [6.07, 6.45) is 0.757. The molecule has 126 valence electrons. The molecular formula is C19H22N2O2S. The second-order valence-corrected chi connectivity index (χ2v) is 8.49. The molecule has 1 N–H and O–H groups in total. The van der Waals surface area contributed by atoms with Crippen molar-refractivity contribution in [3.8, 4) is 17.2 Å². The van der Waals surface area contributed by atoms with Crippen LogP contribution in [-0.2, 0) is 14.8 Å². The molecule has 0 aliphatic heterocycles. The molecule has 0 fully saturated rings. The first kappa shape index (κ1) is 18.2. The molecule has 0 amide bonds. The predicted molar refractivity (Wildman–Crippen MR) is 96.8 cm³/mol. The lowest BCUT2D eigenvalue weighted by atomic mass is 9.98. The summed E-state index contributed by atoms with van der Waals surface area (Å²) in [5.41, 5.74) is 3.33. The van der Waals surface area contributed by atoms with Gasteiger partial charge in [0.15, 0.2) is 0 Å². The molecule has 4 nitrogen and oxygen atoms in total. The number of benzene rings is 2. The van der Waals surface area contributed by atoms with Gasteiger partial charge in [-0.15, -0.1) is 0 Å². The maximum atomic E-state index is 12.5. The summed E-state index contributed by atoms with van der Waals surface area (Å²) in [5, 5.41) is 8.85. The van der Waals surface area contributed by atoms with Gasteiger partial charge in [-0.25, -0.2) is 13.1 Å². The fourth-order valence-electron chi connectivity index (χ4n) is 2.37. The topological polar surface area (TPSA) is 70.0 Å². The SMILES string of the molecule is CCCNS(=O)(=O)C(C)(C)c1ccc(-c2ccc(C#N)cc2)cc1. The summed E-state index contributed by atoms with van der Waals surface area (Å²) in [7, 11) is -3.45. The molecule has 5 heteroatoms. The molecule has 0 aliphatic rings. The van der Waals surface area contributed by atoms with Gasteiger partial charge in [-0.05, 0) is 49.1 Å². The van der Waals surface area contributed by atoms with Gasteiger partial charge < -0.3 is 0 Å². The van der Waals surface area contributed by atoms with E-state index in [0.29, 0.717) is 12.1 Å². The lowest BCUT2D eigenvalue weighted by molar-refractivity contribution is 0.539. The first-order valence-corrected chi connectivity index (χ1v) is 9.40. The molecule has 0 saturated carbocycles. The van der Waals surface area contributed by atoms with Crippen LogP contribution in [0.5, 0.6) is 0 Å². The van der Waals surface area contributed by atoms with E-state index in [9.17, 15) is 8.42 Å². The largest absolute Gasteiger partial charge is 0.221 e. The van der Waals surface area contributed by atoms with E-state index in [-0.39, 0.29) is 0 Å². The zero-order valence-electron chi connectivity index (χ0n) is 14.2. The summed E-state index contributed by atoms with van der Waals surface area (Å²) >= 11 is 0. The van der Waals surface area contributed by atoms with Gasteiger partial charge >= 0.3 is 0 Å². The maximum absolute atomic E-state index is 12.5. The summed E-state index contributed by atoms with van der Waals surface area (Å²) in [5.74, 6) is 0. The van der Waals surface area contributed by atoms with Crippen LogP contribution < -0.4 is 4.72 Å². The molecule has 24 heavy (non-hydrogen) atoms. The van der Waals surface area contributed by atoms with Crippen LogP contribution in [0.4, 0.5) is 0 Å². The van der Waals surface area contributed by atoms with Crippen molar-refractivity contribution in [3.05, 3.63) is 59.7 Å².